The highest BCUT2D eigenvalue weighted by Crippen LogP contribution is 2.28. The normalized spacial score (nSPS) is 15.7. The number of nitrogens with one attached hydrogen (secondary N) is 2. The Hall–Kier alpha value is -1.21. The summed E-state index contributed by atoms with van der Waals surface area (Å²) in [5.74, 6) is 0.738. The van der Waals surface area contributed by atoms with Gasteiger partial charge in [0.15, 0.2) is 0 Å². The Balaban J connectivity index is 1.80. The quantitative estimate of drug-likeness (QED) is 0.747. The third-order valence-electron chi connectivity index (χ3n) is 3.47. The van der Waals surface area contributed by atoms with E-state index in [2.05, 4.69) is 10.0 Å². The molecule has 1 aromatic rings. The van der Waals surface area contributed by atoms with Gasteiger partial charge in [0.1, 0.15) is 0 Å². The second kappa shape index (κ2) is 7.87. The lowest BCUT2D eigenvalue weighted by Gasteiger charge is -2.10. The molecule has 1 fully saturated rings. The van der Waals surface area contributed by atoms with E-state index in [9.17, 15) is 13.2 Å². The Labute approximate surface area is 136 Å². The highest BCUT2D eigenvalue weighted by Gasteiger charge is 2.15. The van der Waals surface area contributed by atoms with E-state index in [1.54, 1.807) is 24.3 Å². The second-order valence-corrected chi connectivity index (χ2v) is 8.64. The van der Waals surface area contributed by atoms with Crippen molar-refractivity contribution in [3.63, 3.8) is 0 Å². The molecule has 5 nitrogen and oxygen atoms in total. The number of sulfonamides is 1. The molecule has 0 aromatic heterocycles. The van der Waals surface area contributed by atoms with E-state index in [-0.39, 0.29) is 5.91 Å². The van der Waals surface area contributed by atoms with E-state index in [4.69, 9.17) is 0 Å². The largest absolute Gasteiger partial charge is 0.351 e. The SMILES string of the molecule is CS(=O)(=O)Nc1cccc(C(=O)NCCSC2CCCC2)c1. The molecule has 0 bridgehead atoms. The highest BCUT2D eigenvalue weighted by molar-refractivity contribution is 7.99. The van der Waals surface area contributed by atoms with Crippen LogP contribution in [0.15, 0.2) is 24.3 Å². The number of thioether (sulfide) groups is 1. The Morgan fingerprint density at radius 2 is 2.05 bits per heavy atom. The molecule has 1 aromatic carbocycles. The molecule has 122 valence electrons. The number of carbonyl (C=O) groups is 1. The van der Waals surface area contributed by atoms with Gasteiger partial charge in [0.05, 0.1) is 6.26 Å². The fraction of sp³-hybridized carbons (Fsp3) is 0.533. The molecule has 2 N–H and O–H groups in total. The van der Waals surface area contributed by atoms with E-state index >= 15 is 0 Å². The molecule has 0 radical (unpaired) electrons. The zero-order valence-corrected chi connectivity index (χ0v) is 14.3. The van der Waals surface area contributed by atoms with Crippen molar-refractivity contribution in [3.8, 4) is 0 Å². The molecule has 1 amide bonds. The standard InChI is InChI=1S/C15H22N2O3S2/c1-22(19,20)17-13-6-4-5-12(11-13)15(18)16-9-10-21-14-7-2-3-8-14/h4-6,11,14,17H,2-3,7-10H2,1H3,(H,16,18). The monoisotopic (exact) mass is 342 g/mol. The predicted octanol–water partition coefficient (Wildman–Crippen LogP) is 2.46. The van der Waals surface area contributed by atoms with Gasteiger partial charge in [0.2, 0.25) is 10.0 Å². The lowest BCUT2D eigenvalue weighted by Crippen LogP contribution is -2.26. The third-order valence-corrected chi connectivity index (χ3v) is 5.46. The van der Waals surface area contributed by atoms with Crippen LogP contribution in [0.3, 0.4) is 0 Å². The minimum Gasteiger partial charge on any atom is -0.351 e. The molecular weight excluding hydrogens is 320 g/mol. The smallest absolute Gasteiger partial charge is 0.251 e. The van der Waals surface area contributed by atoms with Gasteiger partial charge in [-0.3, -0.25) is 9.52 Å². The van der Waals surface area contributed by atoms with Gasteiger partial charge >= 0.3 is 0 Å². The van der Waals surface area contributed by atoms with Gasteiger partial charge in [-0.2, -0.15) is 11.8 Å². The van der Waals surface area contributed by atoms with Gasteiger partial charge in [-0.1, -0.05) is 18.9 Å². The maximum absolute atomic E-state index is 12.1. The summed E-state index contributed by atoms with van der Waals surface area (Å²) in [5, 5.41) is 3.63. The van der Waals surface area contributed by atoms with Crippen molar-refractivity contribution in [1.82, 2.24) is 5.32 Å². The lowest BCUT2D eigenvalue weighted by molar-refractivity contribution is 0.0956. The van der Waals surface area contributed by atoms with E-state index in [0.29, 0.717) is 17.8 Å². The predicted molar refractivity (Wildman–Crippen MR) is 92.0 cm³/mol. The van der Waals surface area contributed by atoms with Crippen molar-refractivity contribution in [1.29, 1.82) is 0 Å². The summed E-state index contributed by atoms with van der Waals surface area (Å²) in [5.41, 5.74) is 0.856. The Bertz CT molecular complexity index is 611. The molecule has 0 heterocycles. The third kappa shape index (κ3) is 5.88. The average Bonchev–Trinajstić information content (AvgIpc) is 2.95. The number of rotatable bonds is 7. The number of benzene rings is 1. The number of anilines is 1. The molecule has 0 aliphatic heterocycles. The van der Waals surface area contributed by atoms with Crippen molar-refractivity contribution in [2.75, 3.05) is 23.3 Å². The van der Waals surface area contributed by atoms with Gasteiger partial charge in [-0.25, -0.2) is 8.42 Å². The van der Waals surface area contributed by atoms with Crippen molar-refractivity contribution < 1.29 is 13.2 Å². The Morgan fingerprint density at radius 3 is 2.73 bits per heavy atom. The molecule has 1 aliphatic carbocycles. The zero-order valence-electron chi connectivity index (χ0n) is 12.7. The molecule has 0 saturated heterocycles. The van der Waals surface area contributed by atoms with E-state index in [1.165, 1.54) is 25.7 Å². The Morgan fingerprint density at radius 1 is 1.32 bits per heavy atom. The summed E-state index contributed by atoms with van der Waals surface area (Å²) in [7, 11) is -3.34. The first-order chi connectivity index (χ1) is 10.4. The maximum Gasteiger partial charge on any atom is 0.251 e. The molecule has 1 aliphatic rings. The summed E-state index contributed by atoms with van der Waals surface area (Å²) in [4.78, 5) is 12.1. The lowest BCUT2D eigenvalue weighted by atomic mass is 10.2. The van der Waals surface area contributed by atoms with E-state index < -0.39 is 10.0 Å². The molecule has 0 unspecified atom stereocenters. The van der Waals surface area contributed by atoms with Crippen LogP contribution in [0.25, 0.3) is 0 Å². The van der Waals surface area contributed by atoms with Gasteiger partial charge in [-0.05, 0) is 31.0 Å². The summed E-state index contributed by atoms with van der Waals surface area (Å²) >= 11 is 1.93. The minimum atomic E-state index is -3.34. The van der Waals surface area contributed by atoms with Crippen LogP contribution in [-0.2, 0) is 10.0 Å². The minimum absolute atomic E-state index is 0.177. The van der Waals surface area contributed by atoms with Gasteiger partial charge in [-0.15, -0.1) is 0 Å². The molecule has 0 spiro atoms. The van der Waals surface area contributed by atoms with Gasteiger partial charge in [0, 0.05) is 28.8 Å². The molecule has 2 rings (SSSR count). The molecule has 7 heteroatoms. The molecule has 1 saturated carbocycles. The van der Waals surface area contributed by atoms with Crippen molar-refractivity contribution >= 4 is 33.4 Å². The second-order valence-electron chi connectivity index (χ2n) is 5.49. The van der Waals surface area contributed by atoms with Gasteiger partial charge in [0.25, 0.3) is 5.91 Å². The molecule has 0 atom stereocenters. The first-order valence-electron chi connectivity index (χ1n) is 7.42. The number of hydrogen-bond acceptors (Lipinski definition) is 4. The van der Waals surface area contributed by atoms with Crippen LogP contribution in [0.5, 0.6) is 0 Å². The van der Waals surface area contributed by atoms with Crippen molar-refractivity contribution in [2.45, 2.75) is 30.9 Å². The first kappa shape index (κ1) is 17.1. The summed E-state index contributed by atoms with van der Waals surface area (Å²) in [6.45, 7) is 0.629. The summed E-state index contributed by atoms with van der Waals surface area (Å²) in [6.07, 6.45) is 6.31. The Kier molecular flexibility index (Phi) is 6.14. The fourth-order valence-corrected chi connectivity index (χ4v) is 4.26. The zero-order chi connectivity index (χ0) is 16.0. The average molecular weight is 342 g/mol. The van der Waals surface area contributed by atoms with Gasteiger partial charge < -0.3 is 5.32 Å². The van der Waals surface area contributed by atoms with E-state index in [1.807, 2.05) is 11.8 Å². The van der Waals surface area contributed by atoms with Crippen LogP contribution in [0.1, 0.15) is 36.0 Å². The summed E-state index contributed by atoms with van der Waals surface area (Å²) in [6, 6.07) is 6.50. The van der Waals surface area contributed by atoms with Crippen LogP contribution in [0, 0.1) is 0 Å². The van der Waals surface area contributed by atoms with Crippen LogP contribution in [0.2, 0.25) is 0 Å². The number of carbonyl (C=O) groups excluding carboxylic acids is 1. The summed E-state index contributed by atoms with van der Waals surface area (Å²) < 4.78 is 24.8. The van der Waals surface area contributed by atoms with Crippen LogP contribution >= 0.6 is 11.8 Å². The maximum atomic E-state index is 12.1. The number of amides is 1. The van der Waals surface area contributed by atoms with Crippen LogP contribution < -0.4 is 10.0 Å². The highest BCUT2D eigenvalue weighted by atomic mass is 32.2. The topological polar surface area (TPSA) is 75.3 Å². The number of hydrogen-bond donors (Lipinski definition) is 2. The molecule has 22 heavy (non-hydrogen) atoms. The van der Waals surface area contributed by atoms with Crippen LogP contribution in [0.4, 0.5) is 5.69 Å². The first-order valence-corrected chi connectivity index (χ1v) is 10.4. The van der Waals surface area contributed by atoms with E-state index in [0.717, 1.165) is 17.3 Å². The molecular formula is C15H22N2O3S2. The van der Waals surface area contributed by atoms with Crippen molar-refractivity contribution in [2.24, 2.45) is 0 Å². The van der Waals surface area contributed by atoms with Crippen LogP contribution in [-0.4, -0.2) is 38.1 Å². The van der Waals surface area contributed by atoms with Crippen molar-refractivity contribution in [3.05, 3.63) is 29.8 Å². The fourth-order valence-electron chi connectivity index (χ4n) is 2.49.